The molecule has 0 radical (unpaired) electrons. The quantitative estimate of drug-likeness (QED) is 0.664. The zero-order chi connectivity index (χ0) is 12.0. The van der Waals surface area contributed by atoms with Crippen LogP contribution in [-0.4, -0.2) is 28.5 Å². The van der Waals surface area contributed by atoms with Crippen LogP contribution in [0.25, 0.3) is 0 Å². The van der Waals surface area contributed by atoms with Crippen molar-refractivity contribution >= 4 is 0 Å². The van der Waals surface area contributed by atoms with E-state index in [1.807, 2.05) is 12.4 Å². The Balaban J connectivity index is 2.49. The molecule has 3 N–H and O–H groups in total. The molecule has 0 aliphatic heterocycles. The van der Waals surface area contributed by atoms with Crippen molar-refractivity contribution in [2.24, 2.45) is 5.41 Å². The minimum atomic E-state index is 0.0119. The topological polar surface area (TPSA) is 60.9 Å². The zero-order valence-electron chi connectivity index (χ0n) is 10.5. The van der Waals surface area contributed by atoms with Gasteiger partial charge >= 0.3 is 0 Å². The molecule has 1 rings (SSSR count). The number of hydrogen-bond acceptors (Lipinski definition) is 3. The Morgan fingerprint density at radius 3 is 2.62 bits per heavy atom. The zero-order valence-corrected chi connectivity index (χ0v) is 10.5. The number of aliphatic hydroxyl groups is 1. The third-order valence-electron chi connectivity index (χ3n) is 3.64. The van der Waals surface area contributed by atoms with Crippen LogP contribution < -0.4 is 5.32 Å². The summed E-state index contributed by atoms with van der Waals surface area (Å²) in [5, 5.41) is 19.7. The first-order valence-corrected chi connectivity index (χ1v) is 6.00. The molecule has 92 valence electrons. The molecule has 1 heterocycles. The summed E-state index contributed by atoms with van der Waals surface area (Å²) in [5.41, 5.74) is 1.16. The van der Waals surface area contributed by atoms with Gasteiger partial charge in [-0.2, -0.15) is 5.10 Å². The fraction of sp³-hybridized carbons (Fsp3) is 0.750. The van der Waals surface area contributed by atoms with E-state index in [1.165, 1.54) is 0 Å². The van der Waals surface area contributed by atoms with Crippen molar-refractivity contribution < 1.29 is 5.11 Å². The van der Waals surface area contributed by atoms with Crippen LogP contribution in [0, 0.1) is 5.41 Å². The van der Waals surface area contributed by atoms with E-state index >= 15 is 0 Å². The first kappa shape index (κ1) is 13.2. The van der Waals surface area contributed by atoms with Gasteiger partial charge < -0.3 is 10.4 Å². The van der Waals surface area contributed by atoms with Crippen LogP contribution in [0.4, 0.5) is 0 Å². The van der Waals surface area contributed by atoms with Crippen molar-refractivity contribution in [2.45, 2.75) is 39.7 Å². The van der Waals surface area contributed by atoms with E-state index in [2.05, 4.69) is 36.3 Å². The molecule has 1 atom stereocenters. The van der Waals surface area contributed by atoms with Crippen molar-refractivity contribution in [2.75, 3.05) is 13.2 Å². The first-order valence-electron chi connectivity index (χ1n) is 6.00. The lowest BCUT2D eigenvalue weighted by Gasteiger charge is -2.31. The fourth-order valence-electron chi connectivity index (χ4n) is 1.76. The highest BCUT2D eigenvalue weighted by molar-refractivity contribution is 5.08. The van der Waals surface area contributed by atoms with Crippen LogP contribution in [0.15, 0.2) is 12.4 Å². The monoisotopic (exact) mass is 225 g/mol. The number of hydrogen-bond donors (Lipinski definition) is 3. The highest BCUT2D eigenvalue weighted by Crippen LogP contribution is 2.25. The summed E-state index contributed by atoms with van der Waals surface area (Å²) in [6.45, 7) is 7.44. The lowest BCUT2D eigenvalue weighted by atomic mass is 9.83. The number of aromatic amines is 1. The van der Waals surface area contributed by atoms with Crippen LogP contribution in [0.5, 0.6) is 0 Å². The average molecular weight is 225 g/mol. The molecule has 4 heteroatoms. The summed E-state index contributed by atoms with van der Waals surface area (Å²) < 4.78 is 0. The maximum atomic E-state index is 9.46. The minimum Gasteiger partial charge on any atom is -0.396 e. The number of rotatable bonds is 7. The Hall–Kier alpha value is -0.870. The van der Waals surface area contributed by atoms with Gasteiger partial charge in [-0.3, -0.25) is 5.10 Å². The maximum Gasteiger partial charge on any atom is 0.0534 e. The third-order valence-corrected chi connectivity index (χ3v) is 3.64. The Morgan fingerprint density at radius 1 is 1.50 bits per heavy atom. The Kier molecular flexibility index (Phi) is 4.96. The van der Waals surface area contributed by atoms with E-state index in [4.69, 9.17) is 0 Å². The Bertz CT molecular complexity index is 272. The molecular formula is C12H23N3O. The number of nitrogens with zero attached hydrogens (tertiary/aromatic N) is 1. The van der Waals surface area contributed by atoms with Gasteiger partial charge in [-0.15, -0.1) is 0 Å². The van der Waals surface area contributed by atoms with Crippen LogP contribution >= 0.6 is 0 Å². The van der Waals surface area contributed by atoms with Gasteiger partial charge in [0, 0.05) is 36.4 Å². The summed E-state index contributed by atoms with van der Waals surface area (Å²) in [6.07, 6.45) is 5.71. The van der Waals surface area contributed by atoms with Gasteiger partial charge in [0.05, 0.1) is 6.20 Å². The van der Waals surface area contributed by atoms with E-state index in [1.54, 1.807) is 0 Å². The summed E-state index contributed by atoms with van der Waals surface area (Å²) in [4.78, 5) is 0. The normalized spacial score (nSPS) is 14.0. The highest BCUT2D eigenvalue weighted by atomic mass is 16.3. The lowest BCUT2D eigenvalue weighted by molar-refractivity contribution is 0.110. The number of nitrogens with one attached hydrogen (secondary N) is 2. The second-order valence-electron chi connectivity index (χ2n) is 4.50. The van der Waals surface area contributed by atoms with E-state index < -0.39 is 0 Å². The van der Waals surface area contributed by atoms with Crippen molar-refractivity contribution in [1.82, 2.24) is 15.5 Å². The standard InChI is InChI=1S/C12H23N3O/c1-4-12(5-2,9-16)8-13-10(3)11-6-14-15-7-11/h6-7,10,13,16H,4-5,8-9H2,1-3H3,(H,14,15). The van der Waals surface area contributed by atoms with Gasteiger partial charge in [-0.05, 0) is 19.8 Å². The number of aromatic nitrogens is 2. The molecule has 4 nitrogen and oxygen atoms in total. The van der Waals surface area contributed by atoms with Crippen LogP contribution in [0.2, 0.25) is 0 Å². The predicted octanol–water partition coefficient (Wildman–Crippen LogP) is 1.86. The van der Waals surface area contributed by atoms with Gasteiger partial charge in [0.2, 0.25) is 0 Å². The molecule has 1 aromatic rings. The summed E-state index contributed by atoms with van der Waals surface area (Å²) in [7, 11) is 0. The van der Waals surface area contributed by atoms with E-state index in [0.717, 1.165) is 24.9 Å². The molecule has 0 aliphatic carbocycles. The van der Waals surface area contributed by atoms with Crippen LogP contribution in [-0.2, 0) is 0 Å². The molecule has 0 spiro atoms. The van der Waals surface area contributed by atoms with Crippen molar-refractivity contribution in [1.29, 1.82) is 0 Å². The van der Waals surface area contributed by atoms with Crippen molar-refractivity contribution in [3.63, 3.8) is 0 Å². The van der Waals surface area contributed by atoms with Gasteiger partial charge in [-0.25, -0.2) is 0 Å². The molecule has 0 bridgehead atoms. The molecule has 0 aromatic carbocycles. The van der Waals surface area contributed by atoms with Crippen molar-refractivity contribution in [3.8, 4) is 0 Å². The molecule has 1 aromatic heterocycles. The molecule has 16 heavy (non-hydrogen) atoms. The van der Waals surface area contributed by atoms with Gasteiger partial charge in [0.25, 0.3) is 0 Å². The second-order valence-corrected chi connectivity index (χ2v) is 4.50. The van der Waals surface area contributed by atoms with E-state index in [9.17, 15) is 5.11 Å². The lowest BCUT2D eigenvalue weighted by Crippen LogP contribution is -2.37. The SMILES string of the molecule is CCC(CC)(CO)CNC(C)c1cn[nH]c1. The largest absolute Gasteiger partial charge is 0.396 e. The molecular weight excluding hydrogens is 202 g/mol. The van der Waals surface area contributed by atoms with Crippen LogP contribution in [0.1, 0.15) is 45.2 Å². The number of H-pyrrole nitrogens is 1. The second kappa shape index (κ2) is 6.01. The molecule has 0 amide bonds. The average Bonchev–Trinajstić information content (AvgIpc) is 2.85. The van der Waals surface area contributed by atoms with Gasteiger partial charge in [0.1, 0.15) is 0 Å². The molecule has 0 aliphatic rings. The van der Waals surface area contributed by atoms with Gasteiger partial charge in [0.15, 0.2) is 0 Å². The predicted molar refractivity (Wildman–Crippen MR) is 65.1 cm³/mol. The summed E-state index contributed by atoms with van der Waals surface area (Å²) in [6, 6.07) is 0.266. The maximum absolute atomic E-state index is 9.46. The molecule has 0 fully saturated rings. The van der Waals surface area contributed by atoms with E-state index in [-0.39, 0.29) is 18.1 Å². The molecule has 0 saturated heterocycles. The number of aliphatic hydroxyl groups excluding tert-OH is 1. The van der Waals surface area contributed by atoms with Crippen LogP contribution in [0.3, 0.4) is 0 Å². The van der Waals surface area contributed by atoms with Gasteiger partial charge in [-0.1, -0.05) is 13.8 Å². The van der Waals surface area contributed by atoms with Crippen molar-refractivity contribution in [3.05, 3.63) is 18.0 Å². The van der Waals surface area contributed by atoms with E-state index in [0.29, 0.717) is 0 Å². The smallest absolute Gasteiger partial charge is 0.0534 e. The minimum absolute atomic E-state index is 0.0119. The molecule has 0 saturated carbocycles. The fourth-order valence-corrected chi connectivity index (χ4v) is 1.76. The Morgan fingerprint density at radius 2 is 2.19 bits per heavy atom. The molecule has 1 unspecified atom stereocenters. The summed E-state index contributed by atoms with van der Waals surface area (Å²) in [5.74, 6) is 0. The first-order chi connectivity index (χ1) is 7.67. The summed E-state index contributed by atoms with van der Waals surface area (Å²) >= 11 is 0. The highest BCUT2D eigenvalue weighted by Gasteiger charge is 2.25. The Labute approximate surface area is 97.5 Å². The third kappa shape index (κ3) is 3.06.